The fourth-order valence-electron chi connectivity index (χ4n) is 8.50. The van der Waals surface area contributed by atoms with Crippen LogP contribution in [0.3, 0.4) is 0 Å². The van der Waals surface area contributed by atoms with Crippen molar-refractivity contribution >= 4 is 194 Å². The average molecular weight is 1670 g/mol. The van der Waals surface area contributed by atoms with Crippen LogP contribution in [0, 0.1) is 12.2 Å². The number of ketones is 2. The van der Waals surface area contributed by atoms with Crippen molar-refractivity contribution in [1.82, 2.24) is 37.5 Å². The molecular weight excluding hydrogens is 1590 g/mol. The standard InChI is InChI=1S/C14H17BFO2S.C9H7BrN2O.C9H8N2O.C7H4Br2N2.C7H5BrN2.C4H7O.3C4H9.C3H7.BHNS.ClH.Mg.Sn/c1-13(2,17)14(3,4)18-15-10-8-19-12-9(10)6-5-7-11(12)16;1-6(13)8-7-4-2-3-5-12(7)9(10)11-8;1-7(12)9-8-4-2-3-5-11(8)6-10-9;8-6-5-3-1-2-4-11(5)7(9)10-6;8-7-6-3-1-2-4-10(6)5-9-7;1-3-5-4-2;3*1-3-4-2;1-3-2;1-2-3;;;/h5-8,17H,1-4H3;2-5H,1H3;2-6H,1H3;1-4H;1-5H;1,4H2,2H3;3*1,3-4H2,2H3;3H,1-2H3;3H;1H;;/q;;;;;;;;;-1;;;+2;/p-1. The van der Waals surface area contributed by atoms with Crippen LogP contribution in [0.2, 0.25) is 13.3 Å². The number of Topliss-reactive ketones (excluding diaryl/α,β-unsaturated/α-hetero) is 2. The van der Waals surface area contributed by atoms with Crippen LogP contribution in [0.4, 0.5) is 4.39 Å². The maximum absolute atomic E-state index is 13.6. The normalized spacial score (nSPS) is 10.7. The molecule has 0 atom stereocenters. The van der Waals surface area contributed by atoms with Crippen molar-refractivity contribution in [3.8, 4) is 0 Å². The fourth-order valence-corrected chi connectivity index (χ4v) is 26.2. The van der Waals surface area contributed by atoms with Crippen molar-refractivity contribution in [1.29, 1.82) is 0 Å². The third kappa shape index (κ3) is 26.7. The zero-order valence-electron chi connectivity index (χ0n) is 54.1. The first-order chi connectivity index (χ1) is 42.4. The Balaban J connectivity index is 0.000000540. The number of hydrogen-bond acceptors (Lipinski definition) is 12. The molecule has 1 aromatic carbocycles. The maximum atomic E-state index is 13.6. The number of benzene rings is 1. The van der Waals surface area contributed by atoms with Crippen LogP contribution in [-0.4, -0.2) is 129 Å². The Kier molecular flexibility index (Phi) is 41.9. The van der Waals surface area contributed by atoms with Crippen LogP contribution in [0.25, 0.3) is 32.2 Å². The molecule has 0 bridgehead atoms. The molecule has 484 valence electrons. The largest absolute Gasteiger partial charge is 2.00 e. The van der Waals surface area contributed by atoms with Crippen molar-refractivity contribution in [2.45, 2.75) is 146 Å². The van der Waals surface area contributed by atoms with Crippen LogP contribution in [0.1, 0.15) is 143 Å². The van der Waals surface area contributed by atoms with Crippen molar-refractivity contribution in [2.24, 2.45) is 4.30 Å². The molecule has 14 nitrogen and oxygen atoms in total. The summed E-state index contributed by atoms with van der Waals surface area (Å²) in [7, 11) is 5.93. The first kappa shape index (κ1) is 85.7. The van der Waals surface area contributed by atoms with Crippen LogP contribution in [-0.2, 0) is 9.39 Å². The van der Waals surface area contributed by atoms with Gasteiger partial charge in [-0.1, -0.05) is 36.4 Å². The summed E-state index contributed by atoms with van der Waals surface area (Å²) in [5.74, 6) is -0.234. The van der Waals surface area contributed by atoms with Gasteiger partial charge in [-0.2, -0.15) is 13.8 Å². The summed E-state index contributed by atoms with van der Waals surface area (Å²) in [6.45, 7) is 28.2. The summed E-state index contributed by atoms with van der Waals surface area (Å²) in [5.41, 5.74) is 4.04. The average Bonchev–Trinajstić information content (AvgIpc) is 2.21. The van der Waals surface area contributed by atoms with Crippen LogP contribution >= 0.6 is 87.9 Å². The number of thiophene rings is 1. The van der Waals surface area contributed by atoms with E-state index in [1.807, 2.05) is 161 Å². The van der Waals surface area contributed by atoms with E-state index in [0.717, 1.165) is 53.5 Å². The summed E-state index contributed by atoms with van der Waals surface area (Å²) in [4.78, 5) is 38.6. The Bertz CT molecular complexity index is 3740. The second-order valence-corrected chi connectivity index (χ2v) is 38.5. The number of aliphatic hydroxyl groups is 1. The Hall–Kier alpha value is -3.28. The molecule has 0 amide bonds. The second-order valence-electron chi connectivity index (χ2n) is 21.3. The smallest absolute Gasteiger partial charge is 1.00 e. The monoisotopic (exact) mass is 1670 g/mol. The van der Waals surface area contributed by atoms with Crippen molar-refractivity contribution < 1.29 is 40.9 Å². The number of ether oxygens (including phenoxy) is 1. The van der Waals surface area contributed by atoms with Crippen LogP contribution in [0.5, 0.6) is 0 Å². The van der Waals surface area contributed by atoms with E-state index in [2.05, 4.69) is 143 Å². The van der Waals surface area contributed by atoms with Gasteiger partial charge in [0, 0.05) is 38.6 Å². The van der Waals surface area contributed by atoms with Crippen molar-refractivity contribution in [2.75, 3.05) is 6.61 Å². The number of halogens is 6. The second kappa shape index (κ2) is 44.5. The van der Waals surface area contributed by atoms with Gasteiger partial charge in [0.25, 0.3) is 0 Å². The SMILES string of the molecule is Brc1nc(Br)n2ccccc12.Brc1ncn2ccccc12.C=[C](OCC)[Sn]([CH2]CCC)([CH2]CCC)[CH2]CCC.CC(=O)c1nc(Br)n2ccccc12.CC(=O)c1ncn2ccccc12.CC(C)(O)C(C)(C)O[B]c1csc2c(F)cccc12.C[CH-]C.[B]=NS.[Cl-].[Mg+2]. The van der Waals surface area contributed by atoms with Gasteiger partial charge >= 0.3 is 175 Å². The molecule has 0 saturated carbocycles. The molecule has 26 heteroatoms. The van der Waals surface area contributed by atoms with Crippen molar-refractivity contribution in [3.63, 3.8) is 0 Å². The Morgan fingerprint density at radius 3 is 1.67 bits per heavy atom. The van der Waals surface area contributed by atoms with E-state index in [4.69, 9.17) is 9.39 Å². The number of imidazole rings is 4. The number of unbranched alkanes of at least 4 members (excludes halogenated alkanes) is 3. The Morgan fingerprint density at radius 2 is 1.19 bits per heavy atom. The van der Waals surface area contributed by atoms with Gasteiger partial charge in [-0.25, -0.2) is 24.3 Å². The van der Waals surface area contributed by atoms with E-state index < -0.39 is 29.6 Å². The minimum absolute atomic E-state index is 0. The molecule has 9 aromatic heterocycles. The molecule has 0 aliphatic rings. The van der Waals surface area contributed by atoms with Gasteiger partial charge in [0.05, 0.1) is 38.0 Å². The molecule has 2 radical (unpaired) electrons. The van der Waals surface area contributed by atoms with Gasteiger partial charge < -0.3 is 37.4 Å². The third-order valence-electron chi connectivity index (χ3n) is 13.9. The molecule has 10 aromatic rings. The number of carbonyl (C=O) groups excluding carboxylic acids is 2. The molecule has 0 aliphatic heterocycles. The molecule has 0 spiro atoms. The first-order valence-electron chi connectivity index (χ1n) is 29.3. The minimum atomic E-state index is -2.24. The number of carbonyl (C=O) groups is 2. The number of rotatable bonds is 18. The van der Waals surface area contributed by atoms with Gasteiger partial charge in [-0.15, -0.1) is 11.3 Å². The van der Waals surface area contributed by atoms with Gasteiger partial charge in [0.2, 0.25) is 0 Å². The van der Waals surface area contributed by atoms with E-state index >= 15 is 0 Å². The van der Waals surface area contributed by atoms with Gasteiger partial charge in [0.1, 0.15) is 39.1 Å². The zero-order valence-corrected chi connectivity index (χ0v) is 67.2. The summed E-state index contributed by atoms with van der Waals surface area (Å²) in [6, 6.07) is 28.2. The van der Waals surface area contributed by atoms with E-state index in [9.17, 15) is 19.1 Å². The van der Waals surface area contributed by atoms with E-state index in [1.165, 1.54) is 86.9 Å². The molecular formula is C65H83B2Br4ClFMgN9O5S2Sn. The number of pyridine rings is 4. The van der Waals surface area contributed by atoms with Gasteiger partial charge in [0.15, 0.2) is 21.0 Å². The topological polar surface area (TPSA) is 154 Å². The number of hydrogen-bond donors (Lipinski definition) is 2. The molecule has 0 unspecified atom stereocenters. The van der Waals surface area contributed by atoms with Crippen LogP contribution in [0.15, 0.2) is 167 Å². The zero-order chi connectivity index (χ0) is 66.3. The number of thiol groups is 1. The van der Waals surface area contributed by atoms with Crippen molar-refractivity contribution in [3.05, 3.63) is 186 Å². The summed E-state index contributed by atoms with van der Waals surface area (Å²) >= 11 is 15.6. The van der Waals surface area contributed by atoms with Crippen LogP contribution < -0.4 is 17.9 Å². The first-order valence-corrected chi connectivity index (χ1v) is 41.2. The molecule has 0 aliphatic carbocycles. The molecule has 91 heavy (non-hydrogen) atoms. The summed E-state index contributed by atoms with van der Waals surface area (Å²) in [5, 5.41) is 12.7. The van der Waals surface area contributed by atoms with Gasteiger partial charge in [-0.05, 0) is 162 Å². The molecule has 0 fully saturated rings. The van der Waals surface area contributed by atoms with E-state index in [0.29, 0.717) is 20.8 Å². The minimum Gasteiger partial charge on any atom is -1.00 e. The number of aromatic nitrogens is 8. The summed E-state index contributed by atoms with van der Waals surface area (Å²) in [6.07, 6.45) is 21.2. The molecule has 10 rings (SSSR count). The molecule has 0 saturated heterocycles. The molecule has 1 N–H and O–H groups in total. The fraction of sp³-hybridized carbons (Fsp3) is 0.369. The quantitative estimate of drug-likeness (QED) is 0.0281. The maximum Gasteiger partial charge on any atom is 2.00 e. The number of fused-ring (bicyclic) bond motifs is 5. The Morgan fingerprint density at radius 1 is 0.725 bits per heavy atom. The van der Waals surface area contributed by atoms with Gasteiger partial charge in [-0.3, -0.25) is 18.4 Å². The Labute approximate surface area is 609 Å². The predicted molar refractivity (Wildman–Crippen MR) is 394 cm³/mol. The van der Waals surface area contributed by atoms with E-state index in [-0.39, 0.29) is 52.8 Å². The summed E-state index contributed by atoms with van der Waals surface area (Å²) < 4.78 is 45.0. The third-order valence-corrected chi connectivity index (χ3v) is 32.3. The number of nitrogens with zero attached hydrogens (tertiary/aromatic N) is 9. The predicted octanol–water partition coefficient (Wildman–Crippen LogP) is 15.6. The molecule has 9 heterocycles. The van der Waals surface area contributed by atoms with E-state index in [1.54, 1.807) is 40.1 Å².